The number of hydrogen-bond donors (Lipinski definition) is 0. The van der Waals surface area contributed by atoms with Gasteiger partial charge in [0.2, 0.25) is 0 Å². The summed E-state index contributed by atoms with van der Waals surface area (Å²) in [6.45, 7) is 4.59. The first kappa shape index (κ1) is 28.7. The molecule has 0 radical (unpaired) electrons. The lowest BCUT2D eigenvalue weighted by molar-refractivity contribution is 0.249. The largest absolute Gasteiger partial charge is 0.0654 e. The van der Waals surface area contributed by atoms with Gasteiger partial charge in [-0.15, -0.1) is 0 Å². The van der Waals surface area contributed by atoms with Gasteiger partial charge in [-0.25, -0.2) is 0 Å². The zero-order valence-electron chi connectivity index (χ0n) is 24.4. The molecular weight excluding hydrogens is 456 g/mol. The van der Waals surface area contributed by atoms with Gasteiger partial charge >= 0.3 is 0 Å². The Morgan fingerprint density at radius 1 is 0.421 bits per heavy atom. The van der Waals surface area contributed by atoms with Crippen LogP contribution in [0.5, 0.6) is 0 Å². The van der Waals surface area contributed by atoms with Gasteiger partial charge in [0.25, 0.3) is 0 Å². The van der Waals surface area contributed by atoms with Crippen LogP contribution in [0, 0.1) is 11.8 Å². The second-order valence-electron chi connectivity index (χ2n) is 12.1. The highest BCUT2D eigenvalue weighted by molar-refractivity contribution is 5.64. The van der Waals surface area contributed by atoms with Gasteiger partial charge in [-0.2, -0.15) is 0 Å². The lowest BCUT2D eigenvalue weighted by atomic mass is 9.78. The monoisotopic (exact) mass is 508 g/mol. The number of unbranched alkanes of at least 4 members (excludes halogenated alkanes) is 4. The van der Waals surface area contributed by atoms with Crippen molar-refractivity contribution in [1.82, 2.24) is 0 Å². The Morgan fingerprint density at radius 3 is 1.32 bits per heavy atom. The summed E-state index contributed by atoms with van der Waals surface area (Å²) in [6.07, 6.45) is 21.6. The summed E-state index contributed by atoms with van der Waals surface area (Å²) in [5.74, 6) is 1.99. The first-order chi connectivity index (χ1) is 18.7. The highest BCUT2D eigenvalue weighted by Crippen LogP contribution is 2.34. The van der Waals surface area contributed by atoms with E-state index in [1.807, 2.05) is 0 Å². The zero-order valence-corrected chi connectivity index (χ0v) is 24.4. The van der Waals surface area contributed by atoms with E-state index < -0.39 is 0 Å². The van der Waals surface area contributed by atoms with Crippen molar-refractivity contribution < 1.29 is 0 Å². The molecule has 4 rings (SSSR count). The zero-order chi connectivity index (χ0) is 26.4. The molecule has 3 aromatic carbocycles. The first-order valence-electron chi connectivity index (χ1n) is 16.0. The minimum Gasteiger partial charge on any atom is -0.0654 e. The van der Waals surface area contributed by atoms with E-state index in [0.717, 1.165) is 24.7 Å². The lowest BCUT2D eigenvalue weighted by Crippen LogP contribution is -2.15. The summed E-state index contributed by atoms with van der Waals surface area (Å²) in [4.78, 5) is 0. The van der Waals surface area contributed by atoms with Crippen molar-refractivity contribution in [2.24, 2.45) is 11.8 Å². The molecule has 3 aromatic rings. The number of rotatable bonds is 15. The molecule has 1 aliphatic rings. The van der Waals surface area contributed by atoms with Crippen LogP contribution < -0.4 is 0 Å². The third-order valence-corrected chi connectivity index (χ3v) is 9.06. The van der Waals surface area contributed by atoms with Crippen molar-refractivity contribution in [3.63, 3.8) is 0 Å². The van der Waals surface area contributed by atoms with Gasteiger partial charge in [-0.3, -0.25) is 0 Å². The van der Waals surface area contributed by atoms with Crippen LogP contribution in [0.15, 0.2) is 72.8 Å². The van der Waals surface area contributed by atoms with E-state index in [1.165, 1.54) is 123 Å². The predicted octanol–water partition coefficient (Wildman–Crippen LogP) is 11.2. The van der Waals surface area contributed by atoms with Gasteiger partial charge in [0.15, 0.2) is 0 Å². The van der Waals surface area contributed by atoms with Crippen molar-refractivity contribution in [2.45, 2.75) is 117 Å². The predicted molar refractivity (Wildman–Crippen MR) is 167 cm³/mol. The van der Waals surface area contributed by atoms with Crippen LogP contribution in [0.25, 0.3) is 11.1 Å². The van der Waals surface area contributed by atoms with Crippen LogP contribution in [0.4, 0.5) is 0 Å². The molecule has 0 amide bonds. The van der Waals surface area contributed by atoms with E-state index >= 15 is 0 Å². The summed E-state index contributed by atoms with van der Waals surface area (Å²) in [5, 5.41) is 0. The topological polar surface area (TPSA) is 0 Å². The highest BCUT2D eigenvalue weighted by atomic mass is 14.3. The Kier molecular flexibility index (Phi) is 12.0. The molecule has 0 N–H and O–H groups in total. The number of hydrogen-bond acceptors (Lipinski definition) is 0. The minimum atomic E-state index is 0.962. The van der Waals surface area contributed by atoms with Crippen LogP contribution >= 0.6 is 0 Å². The summed E-state index contributed by atoms with van der Waals surface area (Å²) in [6, 6.07) is 27.9. The molecule has 0 nitrogen and oxygen atoms in total. The smallest absolute Gasteiger partial charge is 0.0184 e. The molecular formula is C38H52. The third-order valence-electron chi connectivity index (χ3n) is 9.06. The van der Waals surface area contributed by atoms with Crippen LogP contribution in [0.1, 0.15) is 113 Å². The Morgan fingerprint density at radius 2 is 0.816 bits per heavy atom. The molecule has 1 fully saturated rings. The van der Waals surface area contributed by atoms with E-state index in [-0.39, 0.29) is 0 Å². The van der Waals surface area contributed by atoms with Crippen LogP contribution in [0.2, 0.25) is 0 Å². The van der Waals surface area contributed by atoms with Gasteiger partial charge < -0.3 is 0 Å². The lowest BCUT2D eigenvalue weighted by Gasteiger charge is -2.28. The maximum atomic E-state index is 2.39. The van der Waals surface area contributed by atoms with Crippen LogP contribution in [0.3, 0.4) is 0 Å². The fraction of sp³-hybridized carbons (Fsp3) is 0.526. The summed E-state index contributed by atoms with van der Waals surface area (Å²) < 4.78 is 0. The van der Waals surface area contributed by atoms with Crippen LogP contribution in [-0.4, -0.2) is 0 Å². The number of benzene rings is 3. The Balaban J connectivity index is 1.16. The molecule has 0 heteroatoms. The molecule has 0 unspecified atom stereocenters. The average molecular weight is 509 g/mol. The van der Waals surface area contributed by atoms with Crippen molar-refractivity contribution in [3.05, 3.63) is 95.1 Å². The first-order valence-corrected chi connectivity index (χ1v) is 16.0. The van der Waals surface area contributed by atoms with Gasteiger partial charge in [-0.05, 0) is 83.7 Å². The molecule has 0 aliphatic heterocycles. The van der Waals surface area contributed by atoms with Gasteiger partial charge in [0.05, 0.1) is 0 Å². The summed E-state index contributed by atoms with van der Waals surface area (Å²) in [7, 11) is 0. The van der Waals surface area contributed by atoms with E-state index in [9.17, 15) is 0 Å². The van der Waals surface area contributed by atoms with Gasteiger partial charge in [-0.1, -0.05) is 151 Å². The summed E-state index contributed by atoms with van der Waals surface area (Å²) >= 11 is 0. The van der Waals surface area contributed by atoms with E-state index in [1.54, 1.807) is 0 Å². The second-order valence-corrected chi connectivity index (χ2v) is 12.1. The molecule has 38 heavy (non-hydrogen) atoms. The molecule has 204 valence electrons. The SMILES string of the molecule is CCCCCc1ccc(-c2ccc(CCc3ccc(CC[C@H]4CC[C@H](CCCCC)CC4)cc3)cc2)cc1. The van der Waals surface area contributed by atoms with E-state index in [2.05, 4.69) is 86.6 Å². The van der Waals surface area contributed by atoms with Crippen molar-refractivity contribution in [1.29, 1.82) is 0 Å². The number of aryl methyl sites for hydroxylation is 4. The fourth-order valence-corrected chi connectivity index (χ4v) is 6.33. The average Bonchev–Trinajstić information content (AvgIpc) is 2.97. The maximum absolute atomic E-state index is 2.39. The Labute approximate surface area is 234 Å². The normalized spacial score (nSPS) is 17.5. The van der Waals surface area contributed by atoms with Gasteiger partial charge in [0, 0.05) is 0 Å². The highest BCUT2D eigenvalue weighted by Gasteiger charge is 2.20. The fourth-order valence-electron chi connectivity index (χ4n) is 6.33. The molecule has 0 bridgehead atoms. The second kappa shape index (κ2) is 15.9. The molecule has 0 atom stereocenters. The Bertz CT molecular complexity index is 1020. The molecule has 0 heterocycles. The van der Waals surface area contributed by atoms with E-state index in [0.29, 0.717) is 0 Å². The van der Waals surface area contributed by atoms with Crippen LogP contribution in [-0.2, 0) is 25.7 Å². The molecule has 0 aromatic heterocycles. The Hall–Kier alpha value is -2.34. The summed E-state index contributed by atoms with van der Waals surface area (Å²) in [5.41, 5.74) is 8.53. The van der Waals surface area contributed by atoms with Crippen molar-refractivity contribution in [2.75, 3.05) is 0 Å². The van der Waals surface area contributed by atoms with Crippen molar-refractivity contribution in [3.8, 4) is 11.1 Å². The third kappa shape index (κ3) is 9.44. The van der Waals surface area contributed by atoms with E-state index in [4.69, 9.17) is 0 Å². The van der Waals surface area contributed by atoms with Crippen molar-refractivity contribution >= 4 is 0 Å². The molecule has 1 aliphatic carbocycles. The molecule has 0 spiro atoms. The molecule has 0 saturated heterocycles. The van der Waals surface area contributed by atoms with Gasteiger partial charge in [0.1, 0.15) is 0 Å². The quantitative estimate of drug-likeness (QED) is 0.179. The maximum Gasteiger partial charge on any atom is -0.0184 e. The standard InChI is InChI=1S/C38H52/c1-3-5-7-9-31-11-13-33(14-12-31)15-16-34-17-19-35(20-18-34)21-22-36-25-29-38(30-26-36)37-27-23-32(24-28-37)10-8-6-4-2/h17-20,23-31,33H,3-16,21-22H2,1-2H3/t31-,33-. The molecule has 1 saturated carbocycles. The minimum absolute atomic E-state index is 0.962.